The van der Waals surface area contributed by atoms with Crippen LogP contribution >= 0.6 is 0 Å². The third-order valence-corrected chi connectivity index (χ3v) is 4.70. The highest BCUT2D eigenvalue weighted by Gasteiger charge is 2.42. The maximum atomic E-state index is 14.9. The molecule has 0 saturated heterocycles. The van der Waals surface area contributed by atoms with Gasteiger partial charge in [-0.1, -0.05) is 0 Å². The van der Waals surface area contributed by atoms with Crippen LogP contribution in [0.25, 0.3) is 0 Å². The van der Waals surface area contributed by atoms with Crippen LogP contribution in [0.5, 0.6) is 5.75 Å². The minimum atomic E-state index is -0.703. The number of nitrogens with zero attached hydrogens (tertiary/aromatic N) is 1. The van der Waals surface area contributed by atoms with E-state index in [9.17, 15) is 9.18 Å². The molecule has 3 nitrogen and oxygen atoms in total. The normalized spacial score (nSPS) is 19.5. The molecule has 0 heterocycles. The van der Waals surface area contributed by atoms with Gasteiger partial charge in [-0.3, -0.25) is 0 Å². The van der Waals surface area contributed by atoms with Crippen LogP contribution in [-0.4, -0.2) is 13.2 Å². The average Bonchev–Trinajstić information content (AvgIpc) is 2.44. The van der Waals surface area contributed by atoms with Crippen molar-refractivity contribution >= 4 is 6.08 Å². The molecule has 1 aromatic rings. The highest BCUT2D eigenvalue weighted by molar-refractivity contribution is 5.50. The first-order chi connectivity index (χ1) is 9.72. The SMILES string of the molecule is COc1cc(C2(N=C=O)CCC2)c(F)c2c1CCCC2. The van der Waals surface area contributed by atoms with Crippen molar-refractivity contribution in [2.45, 2.75) is 50.5 Å². The number of hydrogen-bond donors (Lipinski definition) is 0. The average molecular weight is 275 g/mol. The van der Waals surface area contributed by atoms with E-state index in [1.165, 1.54) is 0 Å². The van der Waals surface area contributed by atoms with E-state index in [1.54, 1.807) is 19.3 Å². The summed E-state index contributed by atoms with van der Waals surface area (Å²) in [4.78, 5) is 14.6. The lowest BCUT2D eigenvalue weighted by Crippen LogP contribution is -2.33. The highest BCUT2D eigenvalue weighted by atomic mass is 19.1. The first-order valence-corrected chi connectivity index (χ1v) is 7.19. The maximum absolute atomic E-state index is 14.9. The molecular weight excluding hydrogens is 257 g/mol. The number of rotatable bonds is 3. The third-order valence-electron chi connectivity index (χ3n) is 4.70. The second-order valence-corrected chi connectivity index (χ2v) is 5.69. The number of ether oxygens (including phenoxy) is 1. The Morgan fingerprint density at radius 3 is 2.50 bits per heavy atom. The minimum absolute atomic E-state index is 0.181. The summed E-state index contributed by atoms with van der Waals surface area (Å²) in [5.41, 5.74) is 1.57. The van der Waals surface area contributed by atoms with Crippen molar-refractivity contribution in [1.29, 1.82) is 0 Å². The van der Waals surface area contributed by atoms with Crippen molar-refractivity contribution in [1.82, 2.24) is 0 Å². The van der Waals surface area contributed by atoms with Crippen LogP contribution in [0.15, 0.2) is 11.1 Å². The first-order valence-electron chi connectivity index (χ1n) is 7.19. The summed E-state index contributed by atoms with van der Waals surface area (Å²) in [6.45, 7) is 0. The summed E-state index contributed by atoms with van der Waals surface area (Å²) < 4.78 is 20.3. The fraction of sp³-hybridized carbons (Fsp3) is 0.562. The van der Waals surface area contributed by atoms with Gasteiger partial charge in [-0.05, 0) is 56.6 Å². The van der Waals surface area contributed by atoms with Crippen LogP contribution in [0.2, 0.25) is 0 Å². The van der Waals surface area contributed by atoms with Crippen molar-refractivity contribution in [3.63, 3.8) is 0 Å². The molecular formula is C16H18FNO2. The van der Waals surface area contributed by atoms with E-state index in [0.717, 1.165) is 49.0 Å². The smallest absolute Gasteiger partial charge is 0.235 e. The van der Waals surface area contributed by atoms with Crippen LogP contribution in [0.1, 0.15) is 48.8 Å². The van der Waals surface area contributed by atoms with Gasteiger partial charge in [0.05, 0.1) is 7.11 Å². The number of methoxy groups -OCH3 is 1. The van der Waals surface area contributed by atoms with E-state index in [1.807, 2.05) is 0 Å². The van der Waals surface area contributed by atoms with E-state index in [0.29, 0.717) is 18.4 Å². The highest BCUT2D eigenvalue weighted by Crippen LogP contribution is 2.48. The Kier molecular flexibility index (Phi) is 3.35. The molecule has 3 rings (SSSR count). The number of isocyanates is 1. The molecule has 2 aliphatic carbocycles. The van der Waals surface area contributed by atoms with Gasteiger partial charge in [-0.25, -0.2) is 9.18 Å². The molecule has 0 amide bonds. The summed E-state index contributed by atoms with van der Waals surface area (Å²) in [5.74, 6) is 0.558. The lowest BCUT2D eigenvalue weighted by Gasteiger charge is -2.38. The Hall–Kier alpha value is -1.67. The fourth-order valence-corrected chi connectivity index (χ4v) is 3.42. The molecule has 20 heavy (non-hydrogen) atoms. The predicted molar refractivity (Wildman–Crippen MR) is 73.2 cm³/mol. The number of carbonyl (C=O) groups excluding carboxylic acids is 1. The number of benzene rings is 1. The van der Waals surface area contributed by atoms with Crippen molar-refractivity contribution in [2.75, 3.05) is 7.11 Å². The van der Waals surface area contributed by atoms with Crippen molar-refractivity contribution < 1.29 is 13.9 Å². The van der Waals surface area contributed by atoms with Crippen molar-refractivity contribution in [3.05, 3.63) is 28.6 Å². The van der Waals surface area contributed by atoms with Crippen molar-refractivity contribution in [3.8, 4) is 5.75 Å². The van der Waals surface area contributed by atoms with Crippen LogP contribution in [0.3, 0.4) is 0 Å². The molecule has 0 atom stereocenters. The van der Waals surface area contributed by atoms with Crippen molar-refractivity contribution in [2.24, 2.45) is 4.99 Å². The van der Waals surface area contributed by atoms with E-state index >= 15 is 0 Å². The molecule has 0 spiro atoms. The molecule has 1 saturated carbocycles. The van der Waals surface area contributed by atoms with Gasteiger partial charge in [-0.15, -0.1) is 0 Å². The minimum Gasteiger partial charge on any atom is -0.496 e. The summed E-state index contributed by atoms with van der Waals surface area (Å²) in [7, 11) is 1.61. The zero-order valence-electron chi connectivity index (χ0n) is 11.7. The van der Waals surface area contributed by atoms with Gasteiger partial charge in [0.25, 0.3) is 0 Å². The fourth-order valence-electron chi connectivity index (χ4n) is 3.42. The van der Waals surface area contributed by atoms with Crippen LogP contribution < -0.4 is 4.74 Å². The lowest BCUT2D eigenvalue weighted by atomic mass is 9.71. The Labute approximate surface area is 117 Å². The Morgan fingerprint density at radius 1 is 1.25 bits per heavy atom. The van der Waals surface area contributed by atoms with Gasteiger partial charge >= 0.3 is 0 Å². The van der Waals surface area contributed by atoms with E-state index in [4.69, 9.17) is 4.74 Å². The second-order valence-electron chi connectivity index (χ2n) is 5.69. The molecule has 1 fully saturated rings. The quantitative estimate of drug-likeness (QED) is 0.626. The van der Waals surface area contributed by atoms with Crippen LogP contribution in [-0.2, 0) is 23.2 Å². The number of halogens is 1. The summed E-state index contributed by atoms with van der Waals surface area (Å²) in [6.07, 6.45) is 7.68. The molecule has 2 aliphatic rings. The van der Waals surface area contributed by atoms with Gasteiger partial charge in [-0.2, -0.15) is 4.99 Å². The molecule has 0 radical (unpaired) electrons. The molecule has 0 bridgehead atoms. The van der Waals surface area contributed by atoms with Gasteiger partial charge in [0.15, 0.2) is 0 Å². The largest absolute Gasteiger partial charge is 0.496 e. The van der Waals surface area contributed by atoms with Gasteiger partial charge in [0, 0.05) is 11.1 Å². The molecule has 4 heteroatoms. The maximum Gasteiger partial charge on any atom is 0.235 e. The number of hydrogen-bond acceptors (Lipinski definition) is 3. The zero-order valence-corrected chi connectivity index (χ0v) is 11.7. The van der Waals surface area contributed by atoms with Crippen LogP contribution in [0, 0.1) is 5.82 Å². The topological polar surface area (TPSA) is 38.7 Å². The van der Waals surface area contributed by atoms with E-state index in [2.05, 4.69) is 4.99 Å². The monoisotopic (exact) mass is 275 g/mol. The number of aliphatic imine (C=N–C) groups is 1. The predicted octanol–water partition coefficient (Wildman–Crippen LogP) is 3.43. The number of fused-ring (bicyclic) bond motifs is 1. The van der Waals surface area contributed by atoms with E-state index < -0.39 is 5.54 Å². The molecule has 0 N–H and O–H groups in total. The summed E-state index contributed by atoms with van der Waals surface area (Å²) in [5, 5.41) is 0. The first kappa shape index (κ1) is 13.3. The molecule has 0 aromatic heterocycles. The standard InChI is InChI=1S/C16H18FNO2/c1-20-14-9-13(16(18-10-19)7-4-8-16)15(17)12-6-3-2-5-11(12)14/h9H,2-8H2,1H3. The summed E-state index contributed by atoms with van der Waals surface area (Å²) >= 11 is 0. The van der Waals surface area contributed by atoms with Crippen LogP contribution in [0.4, 0.5) is 4.39 Å². The molecule has 106 valence electrons. The lowest BCUT2D eigenvalue weighted by molar-refractivity contribution is 0.245. The molecule has 0 aliphatic heterocycles. The molecule has 0 unspecified atom stereocenters. The zero-order chi connectivity index (χ0) is 14.2. The Balaban J connectivity index is 2.19. The van der Waals surface area contributed by atoms with Gasteiger partial charge < -0.3 is 4.74 Å². The Morgan fingerprint density at radius 2 is 1.95 bits per heavy atom. The molecule has 1 aromatic carbocycles. The Bertz CT molecular complexity index is 587. The summed E-state index contributed by atoms with van der Waals surface area (Å²) in [6, 6.07) is 1.75. The third kappa shape index (κ3) is 1.87. The van der Waals surface area contributed by atoms with Gasteiger partial charge in [0.2, 0.25) is 6.08 Å². The van der Waals surface area contributed by atoms with Gasteiger partial charge in [0.1, 0.15) is 17.1 Å². The van der Waals surface area contributed by atoms with E-state index in [-0.39, 0.29) is 5.82 Å². The second kappa shape index (κ2) is 5.02.